The summed E-state index contributed by atoms with van der Waals surface area (Å²) < 4.78 is 10.6. The highest BCUT2D eigenvalue weighted by molar-refractivity contribution is 5.88. The SMILES string of the molecule is COc1ccc2c(CC(=O)NC(C)(C)C)coc2c1. The van der Waals surface area contributed by atoms with E-state index in [2.05, 4.69) is 5.32 Å². The summed E-state index contributed by atoms with van der Waals surface area (Å²) in [5, 5.41) is 3.89. The molecule has 102 valence electrons. The van der Waals surface area contributed by atoms with Crippen LogP contribution < -0.4 is 10.1 Å². The number of rotatable bonds is 3. The summed E-state index contributed by atoms with van der Waals surface area (Å²) in [4.78, 5) is 11.9. The molecule has 0 radical (unpaired) electrons. The topological polar surface area (TPSA) is 51.5 Å². The van der Waals surface area contributed by atoms with Crippen molar-refractivity contribution in [3.63, 3.8) is 0 Å². The molecule has 1 aromatic heterocycles. The molecule has 1 heterocycles. The Balaban J connectivity index is 2.20. The van der Waals surface area contributed by atoms with Crippen molar-refractivity contribution in [2.45, 2.75) is 32.7 Å². The Labute approximate surface area is 112 Å². The second-order valence-electron chi connectivity index (χ2n) is 5.60. The van der Waals surface area contributed by atoms with Gasteiger partial charge < -0.3 is 14.5 Å². The highest BCUT2D eigenvalue weighted by Crippen LogP contribution is 2.25. The quantitative estimate of drug-likeness (QED) is 0.924. The van der Waals surface area contributed by atoms with E-state index in [1.807, 2.05) is 39.0 Å². The van der Waals surface area contributed by atoms with Crippen molar-refractivity contribution in [3.8, 4) is 5.75 Å². The average Bonchev–Trinajstić information content (AvgIpc) is 2.69. The fraction of sp³-hybridized carbons (Fsp3) is 0.400. The number of methoxy groups -OCH3 is 1. The molecule has 0 unspecified atom stereocenters. The predicted molar refractivity (Wildman–Crippen MR) is 74.4 cm³/mol. The highest BCUT2D eigenvalue weighted by Gasteiger charge is 2.16. The van der Waals surface area contributed by atoms with Gasteiger partial charge in [-0.05, 0) is 32.9 Å². The number of amides is 1. The summed E-state index contributed by atoms with van der Waals surface area (Å²) in [7, 11) is 1.61. The van der Waals surface area contributed by atoms with Crippen LogP contribution in [0.1, 0.15) is 26.3 Å². The Morgan fingerprint density at radius 2 is 2.11 bits per heavy atom. The van der Waals surface area contributed by atoms with Gasteiger partial charge in [0.15, 0.2) is 0 Å². The van der Waals surface area contributed by atoms with Crippen LogP contribution >= 0.6 is 0 Å². The van der Waals surface area contributed by atoms with Crippen LogP contribution in [-0.4, -0.2) is 18.6 Å². The molecule has 0 aliphatic carbocycles. The van der Waals surface area contributed by atoms with Crippen molar-refractivity contribution in [1.29, 1.82) is 0 Å². The molecule has 2 rings (SSSR count). The minimum absolute atomic E-state index is 0.00832. The summed E-state index contributed by atoms with van der Waals surface area (Å²) in [6.07, 6.45) is 1.95. The molecule has 0 saturated carbocycles. The molecular formula is C15H19NO3. The third kappa shape index (κ3) is 3.28. The third-order valence-electron chi connectivity index (χ3n) is 2.73. The zero-order valence-corrected chi connectivity index (χ0v) is 11.7. The van der Waals surface area contributed by atoms with Gasteiger partial charge in [-0.2, -0.15) is 0 Å². The largest absolute Gasteiger partial charge is 0.497 e. The molecule has 4 heteroatoms. The lowest BCUT2D eigenvalue weighted by molar-refractivity contribution is -0.121. The van der Waals surface area contributed by atoms with Crippen LogP contribution in [0.5, 0.6) is 5.75 Å². The van der Waals surface area contributed by atoms with Crippen LogP contribution in [0.15, 0.2) is 28.9 Å². The van der Waals surface area contributed by atoms with E-state index in [0.29, 0.717) is 6.42 Å². The number of hydrogen-bond acceptors (Lipinski definition) is 3. The maximum atomic E-state index is 11.9. The highest BCUT2D eigenvalue weighted by atomic mass is 16.5. The van der Waals surface area contributed by atoms with Gasteiger partial charge >= 0.3 is 0 Å². The molecule has 0 atom stereocenters. The number of carbonyl (C=O) groups excluding carboxylic acids is 1. The van der Waals surface area contributed by atoms with Gasteiger partial charge in [-0.25, -0.2) is 0 Å². The lowest BCUT2D eigenvalue weighted by atomic mass is 10.1. The lowest BCUT2D eigenvalue weighted by Crippen LogP contribution is -2.41. The van der Waals surface area contributed by atoms with Crippen LogP contribution in [0.25, 0.3) is 11.0 Å². The van der Waals surface area contributed by atoms with Crippen molar-refractivity contribution in [3.05, 3.63) is 30.0 Å². The molecule has 0 aliphatic heterocycles. The number of benzene rings is 1. The van der Waals surface area contributed by atoms with Gasteiger partial charge in [0, 0.05) is 22.6 Å². The molecule has 1 N–H and O–H groups in total. The van der Waals surface area contributed by atoms with E-state index in [4.69, 9.17) is 9.15 Å². The smallest absolute Gasteiger partial charge is 0.224 e. The molecule has 1 aromatic carbocycles. The van der Waals surface area contributed by atoms with E-state index in [1.54, 1.807) is 13.4 Å². The first kappa shape index (κ1) is 13.5. The Kier molecular flexibility index (Phi) is 3.51. The molecule has 1 amide bonds. The van der Waals surface area contributed by atoms with Crippen LogP contribution in [-0.2, 0) is 11.2 Å². The van der Waals surface area contributed by atoms with Gasteiger partial charge in [0.1, 0.15) is 11.3 Å². The van der Waals surface area contributed by atoms with Gasteiger partial charge in [0.05, 0.1) is 19.8 Å². The third-order valence-corrected chi connectivity index (χ3v) is 2.73. The first-order chi connectivity index (χ1) is 8.89. The van der Waals surface area contributed by atoms with Crippen LogP contribution in [0.2, 0.25) is 0 Å². The van der Waals surface area contributed by atoms with Gasteiger partial charge in [-0.1, -0.05) is 0 Å². The molecule has 19 heavy (non-hydrogen) atoms. The van der Waals surface area contributed by atoms with Crippen molar-refractivity contribution in [2.75, 3.05) is 7.11 Å². The van der Waals surface area contributed by atoms with Crippen molar-refractivity contribution in [1.82, 2.24) is 5.32 Å². The Hall–Kier alpha value is -1.97. The summed E-state index contributed by atoms with van der Waals surface area (Å²) >= 11 is 0. The molecule has 0 aliphatic rings. The fourth-order valence-corrected chi connectivity index (χ4v) is 1.96. The fourth-order valence-electron chi connectivity index (χ4n) is 1.96. The van der Waals surface area contributed by atoms with E-state index in [-0.39, 0.29) is 11.4 Å². The first-order valence-electron chi connectivity index (χ1n) is 6.24. The number of ether oxygens (including phenoxy) is 1. The Morgan fingerprint density at radius 1 is 1.37 bits per heavy atom. The number of furan rings is 1. The van der Waals surface area contributed by atoms with E-state index < -0.39 is 0 Å². The van der Waals surface area contributed by atoms with Crippen molar-refractivity contribution < 1.29 is 13.9 Å². The molecule has 0 spiro atoms. The molecule has 2 aromatic rings. The monoisotopic (exact) mass is 261 g/mol. The summed E-state index contributed by atoms with van der Waals surface area (Å²) in [6.45, 7) is 5.88. The molecule has 0 bridgehead atoms. The molecule has 0 saturated heterocycles. The number of hydrogen-bond donors (Lipinski definition) is 1. The van der Waals surface area contributed by atoms with E-state index >= 15 is 0 Å². The maximum absolute atomic E-state index is 11.9. The predicted octanol–water partition coefficient (Wildman–Crippen LogP) is 2.90. The zero-order chi connectivity index (χ0) is 14.0. The van der Waals surface area contributed by atoms with E-state index in [9.17, 15) is 4.79 Å². The van der Waals surface area contributed by atoms with Gasteiger partial charge in [-0.15, -0.1) is 0 Å². The number of fused-ring (bicyclic) bond motifs is 1. The maximum Gasteiger partial charge on any atom is 0.224 e. The number of nitrogens with one attached hydrogen (secondary N) is 1. The summed E-state index contributed by atoms with van der Waals surface area (Å²) in [5.41, 5.74) is 1.40. The normalized spacial score (nSPS) is 11.6. The molecule has 0 fully saturated rings. The minimum Gasteiger partial charge on any atom is -0.497 e. The van der Waals surface area contributed by atoms with E-state index in [0.717, 1.165) is 22.3 Å². The van der Waals surface area contributed by atoms with E-state index in [1.165, 1.54) is 0 Å². The van der Waals surface area contributed by atoms with Gasteiger partial charge in [-0.3, -0.25) is 4.79 Å². The second-order valence-corrected chi connectivity index (χ2v) is 5.60. The molecule has 4 nitrogen and oxygen atoms in total. The Morgan fingerprint density at radius 3 is 2.74 bits per heavy atom. The first-order valence-corrected chi connectivity index (χ1v) is 6.24. The minimum atomic E-state index is -0.222. The van der Waals surface area contributed by atoms with Crippen LogP contribution in [0, 0.1) is 0 Å². The van der Waals surface area contributed by atoms with Gasteiger partial charge in [0.2, 0.25) is 5.91 Å². The van der Waals surface area contributed by atoms with Crippen molar-refractivity contribution in [2.24, 2.45) is 0 Å². The van der Waals surface area contributed by atoms with Crippen molar-refractivity contribution >= 4 is 16.9 Å². The number of carbonyl (C=O) groups is 1. The summed E-state index contributed by atoms with van der Waals surface area (Å²) in [6, 6.07) is 5.60. The Bertz CT molecular complexity index is 593. The van der Waals surface area contributed by atoms with Crippen LogP contribution in [0.4, 0.5) is 0 Å². The van der Waals surface area contributed by atoms with Crippen LogP contribution in [0.3, 0.4) is 0 Å². The second kappa shape index (κ2) is 4.96. The molecular weight excluding hydrogens is 242 g/mol. The standard InChI is InChI=1S/C15H19NO3/c1-15(2,3)16-14(17)7-10-9-19-13-8-11(18-4)5-6-12(10)13/h5-6,8-9H,7H2,1-4H3,(H,16,17). The summed E-state index contributed by atoms with van der Waals surface area (Å²) in [5.74, 6) is 0.735. The average molecular weight is 261 g/mol. The van der Waals surface area contributed by atoms with Gasteiger partial charge in [0.25, 0.3) is 0 Å². The lowest BCUT2D eigenvalue weighted by Gasteiger charge is -2.20. The zero-order valence-electron chi connectivity index (χ0n) is 11.7.